The molecule has 0 unspecified atom stereocenters. The Labute approximate surface area is 164 Å². The highest BCUT2D eigenvalue weighted by atomic mass is 16.7. The molecule has 0 bridgehead atoms. The molecule has 7 nitrogen and oxygen atoms in total. The van der Waals surface area contributed by atoms with Gasteiger partial charge in [-0.3, -0.25) is 0 Å². The maximum atomic E-state index is 12.0. The van der Waals surface area contributed by atoms with Crippen molar-refractivity contribution in [1.29, 1.82) is 0 Å². The molecule has 0 atom stereocenters. The second-order valence-corrected chi connectivity index (χ2v) is 6.84. The lowest BCUT2D eigenvalue weighted by Gasteiger charge is -2.28. The number of carbonyl (C=O) groups excluding carboxylic acids is 1. The molecule has 1 saturated heterocycles. The number of nitrogens with zero attached hydrogens (tertiary/aromatic N) is 1. The van der Waals surface area contributed by atoms with Gasteiger partial charge in [0.1, 0.15) is 12.4 Å². The molecule has 1 fully saturated rings. The van der Waals surface area contributed by atoms with Gasteiger partial charge in [-0.15, -0.1) is 0 Å². The smallest absolute Gasteiger partial charge is 0.319 e. The second kappa shape index (κ2) is 8.73. The Hall–Kier alpha value is -3.09. The van der Waals surface area contributed by atoms with Gasteiger partial charge in [-0.1, -0.05) is 0 Å². The van der Waals surface area contributed by atoms with E-state index in [2.05, 4.69) is 27.7 Å². The molecule has 0 saturated carbocycles. The predicted octanol–water partition coefficient (Wildman–Crippen LogP) is 3.61. The number of benzene rings is 2. The third-order valence-electron chi connectivity index (χ3n) is 4.85. The van der Waals surface area contributed by atoms with Gasteiger partial charge < -0.3 is 29.7 Å². The van der Waals surface area contributed by atoms with Gasteiger partial charge in [0, 0.05) is 30.5 Å². The van der Waals surface area contributed by atoms with Gasteiger partial charge >= 0.3 is 6.03 Å². The van der Waals surface area contributed by atoms with E-state index in [1.807, 2.05) is 24.3 Å². The van der Waals surface area contributed by atoms with Crippen LogP contribution in [0.4, 0.5) is 16.2 Å². The van der Waals surface area contributed by atoms with Crippen molar-refractivity contribution < 1.29 is 19.0 Å². The Bertz CT molecular complexity index is 804. The highest BCUT2D eigenvalue weighted by Gasteiger charge is 2.14. The molecular weight excluding hydrogens is 358 g/mol. The third-order valence-corrected chi connectivity index (χ3v) is 4.85. The van der Waals surface area contributed by atoms with Gasteiger partial charge in [-0.25, -0.2) is 4.79 Å². The summed E-state index contributed by atoms with van der Waals surface area (Å²) in [4.78, 5) is 14.4. The molecule has 2 heterocycles. The van der Waals surface area contributed by atoms with Crippen LogP contribution in [0.5, 0.6) is 17.2 Å². The average molecular weight is 383 g/mol. The maximum Gasteiger partial charge on any atom is 0.319 e. The molecule has 0 aromatic heterocycles. The lowest BCUT2D eigenvalue weighted by Crippen LogP contribution is -2.32. The van der Waals surface area contributed by atoms with Crippen molar-refractivity contribution in [3.05, 3.63) is 42.5 Å². The van der Waals surface area contributed by atoms with Gasteiger partial charge in [0.05, 0.1) is 6.54 Å². The van der Waals surface area contributed by atoms with Crippen molar-refractivity contribution in [3.8, 4) is 17.2 Å². The lowest BCUT2D eigenvalue weighted by atomic mass is 10.1. The van der Waals surface area contributed by atoms with Crippen molar-refractivity contribution in [2.24, 2.45) is 0 Å². The highest BCUT2D eigenvalue weighted by Crippen LogP contribution is 2.35. The van der Waals surface area contributed by atoms with Gasteiger partial charge in [0.15, 0.2) is 11.5 Å². The third kappa shape index (κ3) is 4.60. The first kappa shape index (κ1) is 18.3. The van der Waals surface area contributed by atoms with Crippen LogP contribution in [0.2, 0.25) is 0 Å². The second-order valence-electron chi connectivity index (χ2n) is 6.84. The van der Waals surface area contributed by atoms with E-state index in [0.29, 0.717) is 24.7 Å². The Kier molecular flexibility index (Phi) is 5.70. The molecule has 7 heteroatoms. The quantitative estimate of drug-likeness (QED) is 0.746. The zero-order valence-corrected chi connectivity index (χ0v) is 15.8. The Morgan fingerprint density at radius 3 is 2.61 bits per heavy atom. The van der Waals surface area contributed by atoms with Gasteiger partial charge in [0.2, 0.25) is 6.79 Å². The maximum absolute atomic E-state index is 12.0. The minimum Gasteiger partial charge on any atom is -0.492 e. The summed E-state index contributed by atoms with van der Waals surface area (Å²) < 4.78 is 16.2. The van der Waals surface area contributed by atoms with E-state index in [4.69, 9.17) is 14.2 Å². The molecule has 2 aromatic carbocycles. The summed E-state index contributed by atoms with van der Waals surface area (Å²) in [5.41, 5.74) is 1.98. The van der Waals surface area contributed by atoms with Crippen LogP contribution in [-0.4, -0.2) is 39.1 Å². The number of hydrogen-bond donors (Lipinski definition) is 2. The predicted molar refractivity (Wildman–Crippen MR) is 108 cm³/mol. The van der Waals surface area contributed by atoms with E-state index < -0.39 is 0 Å². The molecule has 0 aliphatic carbocycles. The van der Waals surface area contributed by atoms with Crippen LogP contribution in [-0.2, 0) is 0 Å². The van der Waals surface area contributed by atoms with Crippen molar-refractivity contribution >= 4 is 17.4 Å². The molecular formula is C21H25N3O4. The summed E-state index contributed by atoms with van der Waals surface area (Å²) in [5.74, 6) is 2.08. The van der Waals surface area contributed by atoms with Crippen LogP contribution in [0.1, 0.15) is 19.3 Å². The summed E-state index contributed by atoms with van der Waals surface area (Å²) in [6.07, 6.45) is 3.81. The number of nitrogens with one attached hydrogen (secondary N) is 2. The molecule has 2 amide bonds. The van der Waals surface area contributed by atoms with Crippen molar-refractivity contribution in [2.75, 3.05) is 43.3 Å². The SMILES string of the molecule is O=C(NCCOc1ccc2c(c1)OCO2)Nc1ccc(N2CCCCC2)cc1. The van der Waals surface area contributed by atoms with Crippen LogP contribution in [0, 0.1) is 0 Å². The normalized spacial score (nSPS) is 15.2. The van der Waals surface area contributed by atoms with E-state index >= 15 is 0 Å². The van der Waals surface area contributed by atoms with Crippen molar-refractivity contribution in [3.63, 3.8) is 0 Å². The zero-order chi connectivity index (χ0) is 19.2. The summed E-state index contributed by atoms with van der Waals surface area (Å²) in [7, 11) is 0. The topological polar surface area (TPSA) is 72.1 Å². The summed E-state index contributed by atoms with van der Waals surface area (Å²) in [6, 6.07) is 13.2. The van der Waals surface area contributed by atoms with Gasteiger partial charge in [0.25, 0.3) is 0 Å². The van der Waals surface area contributed by atoms with Crippen molar-refractivity contribution in [1.82, 2.24) is 5.32 Å². The number of fused-ring (bicyclic) bond motifs is 1. The van der Waals surface area contributed by atoms with E-state index in [9.17, 15) is 4.79 Å². The molecule has 2 aromatic rings. The van der Waals surface area contributed by atoms with Gasteiger partial charge in [-0.05, 0) is 55.7 Å². The molecule has 2 N–H and O–H groups in total. The fourth-order valence-corrected chi connectivity index (χ4v) is 3.38. The van der Waals surface area contributed by atoms with E-state index in [1.165, 1.54) is 24.9 Å². The molecule has 2 aliphatic heterocycles. The van der Waals surface area contributed by atoms with Crippen LogP contribution in [0.3, 0.4) is 0 Å². The van der Waals surface area contributed by atoms with E-state index in [-0.39, 0.29) is 12.8 Å². The summed E-state index contributed by atoms with van der Waals surface area (Å²) in [5, 5.41) is 5.63. The number of rotatable bonds is 6. The molecule has 0 radical (unpaired) electrons. The highest BCUT2D eigenvalue weighted by molar-refractivity contribution is 5.89. The standard InChI is InChI=1S/C21H25N3O4/c25-21(22-10-13-26-18-8-9-19-20(14-18)28-15-27-19)23-16-4-6-17(7-5-16)24-11-2-1-3-12-24/h4-9,14H,1-3,10-13,15H2,(H2,22,23,25). The van der Waals surface area contributed by atoms with Crippen LogP contribution in [0.15, 0.2) is 42.5 Å². The largest absolute Gasteiger partial charge is 0.492 e. The molecule has 0 spiro atoms. The first-order valence-electron chi connectivity index (χ1n) is 9.70. The number of urea groups is 1. The molecule has 2 aliphatic rings. The Balaban J connectivity index is 1.18. The summed E-state index contributed by atoms with van der Waals surface area (Å²) >= 11 is 0. The van der Waals surface area contributed by atoms with Crippen LogP contribution in [0.25, 0.3) is 0 Å². The summed E-state index contributed by atoms with van der Waals surface area (Å²) in [6.45, 7) is 3.21. The van der Waals surface area contributed by atoms with Crippen molar-refractivity contribution in [2.45, 2.75) is 19.3 Å². The number of piperidine rings is 1. The average Bonchev–Trinajstić information content (AvgIpc) is 3.20. The van der Waals surface area contributed by atoms with Crippen LogP contribution >= 0.6 is 0 Å². The fourth-order valence-electron chi connectivity index (χ4n) is 3.38. The number of amides is 2. The first-order valence-corrected chi connectivity index (χ1v) is 9.70. The number of ether oxygens (including phenoxy) is 3. The number of carbonyl (C=O) groups is 1. The Morgan fingerprint density at radius 1 is 1.00 bits per heavy atom. The first-order chi connectivity index (χ1) is 13.8. The molecule has 28 heavy (non-hydrogen) atoms. The minimum absolute atomic E-state index is 0.236. The number of hydrogen-bond acceptors (Lipinski definition) is 5. The van der Waals surface area contributed by atoms with E-state index in [1.54, 1.807) is 6.07 Å². The fraction of sp³-hybridized carbons (Fsp3) is 0.381. The molecule has 4 rings (SSSR count). The van der Waals surface area contributed by atoms with E-state index in [0.717, 1.165) is 24.5 Å². The lowest BCUT2D eigenvalue weighted by molar-refractivity contribution is 0.173. The Morgan fingerprint density at radius 2 is 1.79 bits per heavy atom. The monoisotopic (exact) mass is 383 g/mol. The zero-order valence-electron chi connectivity index (χ0n) is 15.8. The number of anilines is 2. The van der Waals surface area contributed by atoms with Gasteiger partial charge in [-0.2, -0.15) is 0 Å². The minimum atomic E-state index is -0.250. The van der Waals surface area contributed by atoms with Crippen LogP contribution < -0.4 is 29.7 Å². The molecule has 148 valence electrons.